The van der Waals surface area contributed by atoms with Crippen LogP contribution in [0.2, 0.25) is 5.02 Å². The van der Waals surface area contributed by atoms with Gasteiger partial charge in [-0.05, 0) is 43.2 Å². The molecule has 10 heteroatoms. The van der Waals surface area contributed by atoms with Crippen molar-refractivity contribution in [3.63, 3.8) is 0 Å². The Morgan fingerprint density at radius 3 is 2.90 bits per heavy atom. The summed E-state index contributed by atoms with van der Waals surface area (Å²) in [4.78, 5) is 23.9. The molecule has 1 fully saturated rings. The number of benzene rings is 1. The Kier molecular flexibility index (Phi) is 5.56. The summed E-state index contributed by atoms with van der Waals surface area (Å²) in [5.41, 5.74) is 1.43. The number of halogens is 1. The van der Waals surface area contributed by atoms with Crippen LogP contribution in [0.4, 0.5) is 5.13 Å². The van der Waals surface area contributed by atoms with Crippen molar-refractivity contribution in [1.29, 1.82) is 0 Å². The van der Waals surface area contributed by atoms with E-state index in [0.29, 0.717) is 35.2 Å². The van der Waals surface area contributed by atoms with E-state index in [1.54, 1.807) is 30.5 Å². The van der Waals surface area contributed by atoms with Crippen molar-refractivity contribution in [2.75, 3.05) is 17.7 Å². The van der Waals surface area contributed by atoms with E-state index in [2.05, 4.69) is 9.97 Å². The average Bonchev–Trinajstić information content (AvgIpc) is 3.33. The molecule has 0 aliphatic carbocycles. The number of anilines is 1. The number of carbonyl (C=O) groups is 1. The third kappa shape index (κ3) is 4.28. The number of hydrogen-bond acceptors (Lipinski definition) is 6. The normalized spacial score (nSPS) is 17.7. The van der Waals surface area contributed by atoms with Gasteiger partial charge in [0.15, 0.2) is 5.13 Å². The minimum atomic E-state index is -3.48. The van der Waals surface area contributed by atoms with E-state index >= 15 is 0 Å². The summed E-state index contributed by atoms with van der Waals surface area (Å²) in [5.74, 6) is -0.288. The molecule has 0 radical (unpaired) electrons. The summed E-state index contributed by atoms with van der Waals surface area (Å²) < 4.78 is 26.5. The van der Waals surface area contributed by atoms with Gasteiger partial charge in [-0.1, -0.05) is 29.0 Å². The second kappa shape index (κ2) is 7.98. The van der Waals surface area contributed by atoms with Gasteiger partial charge in [-0.25, -0.2) is 13.4 Å². The first-order valence-electron chi connectivity index (χ1n) is 9.07. The zero-order valence-electron chi connectivity index (χ0n) is 15.7. The molecule has 0 saturated carbocycles. The number of amides is 1. The molecule has 1 atom stereocenters. The SMILES string of the molecule is CS(=O)(=O)N1CCCC1C(=O)N(Cc1ccccn1)c1nc2ccc(Cl)cc2s1. The molecule has 4 rings (SSSR count). The lowest BCUT2D eigenvalue weighted by atomic mass is 10.2. The molecule has 1 aliphatic rings. The smallest absolute Gasteiger partial charge is 0.247 e. The number of aromatic nitrogens is 2. The van der Waals surface area contributed by atoms with Crippen LogP contribution >= 0.6 is 22.9 Å². The second-order valence-corrected chi connectivity index (χ2v) is 10.3. The van der Waals surface area contributed by atoms with Crippen molar-refractivity contribution in [3.8, 4) is 0 Å². The van der Waals surface area contributed by atoms with Gasteiger partial charge in [-0.15, -0.1) is 0 Å². The van der Waals surface area contributed by atoms with Crippen LogP contribution in [-0.4, -0.2) is 47.4 Å². The molecule has 1 aliphatic heterocycles. The Balaban J connectivity index is 1.74. The van der Waals surface area contributed by atoms with Crippen LogP contribution in [0.5, 0.6) is 0 Å². The zero-order valence-corrected chi connectivity index (χ0v) is 18.0. The number of rotatable bonds is 5. The Morgan fingerprint density at radius 1 is 1.34 bits per heavy atom. The van der Waals surface area contributed by atoms with Crippen LogP contribution in [0.25, 0.3) is 10.2 Å². The fourth-order valence-corrected chi connectivity index (χ4v) is 5.82. The van der Waals surface area contributed by atoms with Gasteiger partial charge in [0.2, 0.25) is 15.9 Å². The minimum Gasteiger partial charge on any atom is -0.281 e. The lowest BCUT2D eigenvalue weighted by molar-refractivity contribution is -0.121. The molecule has 1 unspecified atom stereocenters. The zero-order chi connectivity index (χ0) is 20.6. The van der Waals surface area contributed by atoms with Gasteiger partial charge in [0.05, 0.1) is 28.7 Å². The first kappa shape index (κ1) is 20.2. The fourth-order valence-electron chi connectivity index (χ4n) is 3.46. The highest BCUT2D eigenvalue weighted by Crippen LogP contribution is 2.33. The first-order valence-corrected chi connectivity index (χ1v) is 12.1. The van der Waals surface area contributed by atoms with E-state index in [1.165, 1.54) is 20.5 Å². The van der Waals surface area contributed by atoms with Gasteiger partial charge in [0.25, 0.3) is 0 Å². The van der Waals surface area contributed by atoms with Crippen molar-refractivity contribution in [3.05, 3.63) is 53.3 Å². The highest BCUT2D eigenvalue weighted by Gasteiger charge is 2.39. The van der Waals surface area contributed by atoms with E-state index in [9.17, 15) is 13.2 Å². The number of sulfonamides is 1. The maximum atomic E-state index is 13.5. The molecule has 1 aromatic carbocycles. The average molecular weight is 451 g/mol. The largest absolute Gasteiger partial charge is 0.281 e. The summed E-state index contributed by atoms with van der Waals surface area (Å²) in [6, 6.07) is 10.1. The van der Waals surface area contributed by atoms with Gasteiger partial charge in [0, 0.05) is 17.8 Å². The molecule has 0 spiro atoms. The summed E-state index contributed by atoms with van der Waals surface area (Å²) in [7, 11) is -3.48. The van der Waals surface area contributed by atoms with Crippen molar-refractivity contribution in [1.82, 2.24) is 14.3 Å². The van der Waals surface area contributed by atoms with Gasteiger partial charge in [0.1, 0.15) is 6.04 Å². The van der Waals surface area contributed by atoms with Crippen LogP contribution < -0.4 is 4.90 Å². The lowest BCUT2D eigenvalue weighted by Crippen LogP contribution is -2.47. The molecule has 2 aromatic heterocycles. The monoisotopic (exact) mass is 450 g/mol. The number of nitrogens with zero attached hydrogens (tertiary/aromatic N) is 4. The molecule has 1 saturated heterocycles. The van der Waals surface area contributed by atoms with Crippen molar-refractivity contribution < 1.29 is 13.2 Å². The Labute approximate surface area is 178 Å². The molecular weight excluding hydrogens is 432 g/mol. The van der Waals surface area contributed by atoms with Crippen LogP contribution in [0.1, 0.15) is 18.5 Å². The number of carbonyl (C=O) groups excluding carboxylic acids is 1. The minimum absolute atomic E-state index is 0.210. The number of hydrogen-bond donors (Lipinski definition) is 0. The first-order chi connectivity index (χ1) is 13.8. The molecule has 152 valence electrons. The molecular formula is C19H19ClN4O3S2. The maximum absolute atomic E-state index is 13.5. The molecule has 0 bridgehead atoms. The van der Waals surface area contributed by atoms with Gasteiger partial charge < -0.3 is 0 Å². The third-order valence-electron chi connectivity index (χ3n) is 4.80. The third-order valence-corrected chi connectivity index (χ3v) is 7.36. The fraction of sp³-hybridized carbons (Fsp3) is 0.316. The molecule has 3 heterocycles. The molecule has 0 N–H and O–H groups in total. The quantitative estimate of drug-likeness (QED) is 0.595. The summed E-state index contributed by atoms with van der Waals surface area (Å²) in [6.07, 6.45) is 3.94. The van der Waals surface area contributed by atoms with Gasteiger partial charge >= 0.3 is 0 Å². The van der Waals surface area contributed by atoms with Crippen molar-refractivity contribution in [2.24, 2.45) is 0 Å². The van der Waals surface area contributed by atoms with E-state index < -0.39 is 16.1 Å². The summed E-state index contributed by atoms with van der Waals surface area (Å²) in [5, 5.41) is 1.09. The van der Waals surface area contributed by atoms with Gasteiger partial charge in [-0.2, -0.15) is 4.31 Å². The van der Waals surface area contributed by atoms with E-state index in [0.717, 1.165) is 16.5 Å². The lowest BCUT2D eigenvalue weighted by Gasteiger charge is -2.27. The summed E-state index contributed by atoms with van der Waals surface area (Å²) in [6.45, 7) is 0.559. The van der Waals surface area contributed by atoms with Crippen LogP contribution in [0.15, 0.2) is 42.6 Å². The van der Waals surface area contributed by atoms with E-state index in [-0.39, 0.29) is 12.5 Å². The second-order valence-electron chi connectivity index (χ2n) is 6.89. The molecule has 1 amide bonds. The van der Waals surface area contributed by atoms with Gasteiger partial charge in [-0.3, -0.25) is 14.7 Å². The standard InChI is InChI=1S/C19H19ClN4O3S2/c1-29(26,27)24-10-4-6-16(24)18(25)23(12-14-5-2-3-9-21-14)19-22-15-8-7-13(20)11-17(15)28-19/h2-3,5,7-9,11,16H,4,6,10,12H2,1H3. The van der Waals surface area contributed by atoms with Crippen LogP contribution in [0.3, 0.4) is 0 Å². The summed E-state index contributed by atoms with van der Waals surface area (Å²) >= 11 is 7.44. The maximum Gasteiger partial charge on any atom is 0.247 e. The highest BCUT2D eigenvalue weighted by molar-refractivity contribution is 7.88. The highest BCUT2D eigenvalue weighted by atomic mass is 35.5. The predicted molar refractivity (Wildman–Crippen MR) is 115 cm³/mol. The molecule has 7 nitrogen and oxygen atoms in total. The topological polar surface area (TPSA) is 83.5 Å². The predicted octanol–water partition coefficient (Wildman–Crippen LogP) is 3.30. The molecule has 29 heavy (non-hydrogen) atoms. The Hall–Kier alpha value is -2.07. The number of fused-ring (bicyclic) bond motifs is 1. The Bertz CT molecular complexity index is 1150. The van der Waals surface area contributed by atoms with Crippen molar-refractivity contribution in [2.45, 2.75) is 25.4 Å². The van der Waals surface area contributed by atoms with Crippen LogP contribution in [-0.2, 0) is 21.4 Å². The van der Waals surface area contributed by atoms with Crippen LogP contribution in [0, 0.1) is 0 Å². The Morgan fingerprint density at radius 2 is 2.17 bits per heavy atom. The van der Waals surface area contributed by atoms with E-state index in [4.69, 9.17) is 11.6 Å². The number of pyridine rings is 1. The molecule has 3 aromatic rings. The van der Waals surface area contributed by atoms with E-state index in [1.807, 2.05) is 12.1 Å². The van der Waals surface area contributed by atoms with Crippen molar-refractivity contribution >= 4 is 54.2 Å². The number of thiazole rings is 1.